The van der Waals surface area contributed by atoms with Crippen LogP contribution in [-0.2, 0) is 60.9 Å². The summed E-state index contributed by atoms with van der Waals surface area (Å²) < 4.78 is 69.3. The van der Waals surface area contributed by atoms with E-state index < -0.39 is 23.2 Å². The minimum atomic E-state index is -4.70. The van der Waals surface area contributed by atoms with E-state index in [2.05, 4.69) is 32.0 Å². The molecule has 2 saturated heterocycles. The number of benzene rings is 2. The van der Waals surface area contributed by atoms with Gasteiger partial charge >= 0.3 is 6.18 Å². The van der Waals surface area contributed by atoms with Crippen molar-refractivity contribution in [1.29, 1.82) is 0 Å². The van der Waals surface area contributed by atoms with Crippen molar-refractivity contribution in [2.75, 3.05) is 39.9 Å². The summed E-state index contributed by atoms with van der Waals surface area (Å²) in [5.41, 5.74) is 0.324. The van der Waals surface area contributed by atoms with Crippen molar-refractivity contribution in [3.05, 3.63) is 75.6 Å². The fourth-order valence-corrected chi connectivity index (χ4v) is 4.92. The number of carbonyl (C=O) groups is 1. The minimum Gasteiger partial charge on any atom is -0.653 e. The van der Waals surface area contributed by atoms with Crippen LogP contribution in [0.25, 0.3) is 5.32 Å². The average molecular weight is 660 g/mol. The van der Waals surface area contributed by atoms with Gasteiger partial charge < -0.3 is 20.2 Å². The number of hydrogen-bond acceptors (Lipinski definition) is 4. The third kappa shape index (κ3) is 10.0. The smallest absolute Gasteiger partial charge is 0.416 e. The number of hydroxylamine groups is 2. The molecule has 12 heteroatoms. The van der Waals surface area contributed by atoms with Gasteiger partial charge in [0.15, 0.2) is 0 Å². The Morgan fingerprint density at radius 1 is 1.12 bits per heavy atom. The maximum absolute atomic E-state index is 13.1. The number of alkyl halides is 5. The first kappa shape index (κ1) is 35.7. The molecule has 225 valence electrons. The van der Waals surface area contributed by atoms with Gasteiger partial charge in [-0.2, -0.15) is 18.2 Å². The second-order valence-corrected chi connectivity index (χ2v) is 10.8. The summed E-state index contributed by atoms with van der Waals surface area (Å²) >= 11 is 0. The van der Waals surface area contributed by atoms with Crippen LogP contribution in [0, 0.1) is 12.3 Å². The number of ether oxygens (including phenoxy) is 1. The molecule has 2 fully saturated rings. The first-order chi connectivity index (χ1) is 18.6. The molecule has 2 aromatic carbocycles. The van der Waals surface area contributed by atoms with Gasteiger partial charge in [0.05, 0.1) is 11.0 Å². The predicted molar refractivity (Wildman–Crippen MR) is 141 cm³/mol. The number of nitrogens with zero attached hydrogens (tertiary/aromatic N) is 3. The zero-order valence-corrected chi connectivity index (χ0v) is 26.7. The van der Waals surface area contributed by atoms with Crippen molar-refractivity contribution < 1.29 is 69.4 Å². The molecule has 2 aliphatic heterocycles. The quantitative estimate of drug-likeness (QED) is 0.287. The summed E-state index contributed by atoms with van der Waals surface area (Å²) in [7, 11) is 1.21. The van der Waals surface area contributed by atoms with Gasteiger partial charge in [-0.3, -0.25) is 4.79 Å². The van der Waals surface area contributed by atoms with Gasteiger partial charge in [0.2, 0.25) is 5.91 Å². The molecular formula is C29H37F5N3O3Y-. The molecule has 1 N–H and O–H groups in total. The Morgan fingerprint density at radius 2 is 1.73 bits per heavy atom. The van der Waals surface area contributed by atoms with Gasteiger partial charge in [0, 0.05) is 85.1 Å². The van der Waals surface area contributed by atoms with Crippen LogP contribution in [0.5, 0.6) is 0 Å². The van der Waals surface area contributed by atoms with Crippen molar-refractivity contribution in [3.63, 3.8) is 0 Å². The molecule has 6 nitrogen and oxygen atoms in total. The Labute approximate surface area is 263 Å². The van der Waals surface area contributed by atoms with E-state index in [9.17, 15) is 26.7 Å². The molecule has 1 radical (unpaired) electrons. The van der Waals surface area contributed by atoms with Crippen molar-refractivity contribution in [1.82, 2.24) is 9.96 Å². The number of carbonyl (C=O) groups excluding carboxylic acids is 1. The molecule has 2 aromatic rings. The molecule has 0 bridgehead atoms. The average Bonchev–Trinajstić information content (AvgIpc) is 2.88. The fraction of sp³-hybridized carbons (Fsp3) is 0.552. The van der Waals surface area contributed by atoms with Gasteiger partial charge in [-0.1, -0.05) is 42.8 Å². The van der Waals surface area contributed by atoms with Crippen molar-refractivity contribution in [3.8, 4) is 0 Å². The molecular weight excluding hydrogens is 622 g/mol. The van der Waals surface area contributed by atoms with Gasteiger partial charge in [-0.15, -0.1) is 6.54 Å². The zero-order valence-electron chi connectivity index (χ0n) is 23.8. The second kappa shape index (κ2) is 14.8. The van der Waals surface area contributed by atoms with Gasteiger partial charge in [0.25, 0.3) is 5.92 Å². The Balaban J connectivity index is 0.000000286. The van der Waals surface area contributed by atoms with Crippen LogP contribution < -0.4 is 0 Å². The van der Waals surface area contributed by atoms with Gasteiger partial charge in [0.1, 0.15) is 0 Å². The monoisotopic (exact) mass is 659 g/mol. The van der Waals surface area contributed by atoms with Crippen LogP contribution in [-0.4, -0.2) is 61.0 Å². The number of halogens is 5. The molecule has 0 aliphatic carbocycles. The van der Waals surface area contributed by atoms with Crippen molar-refractivity contribution >= 4 is 5.91 Å². The van der Waals surface area contributed by atoms with Gasteiger partial charge in [-0.25, -0.2) is 8.78 Å². The number of hydrogen-bond donors (Lipinski definition) is 1. The second-order valence-electron chi connectivity index (χ2n) is 10.8. The van der Waals surface area contributed by atoms with E-state index in [0.29, 0.717) is 37.8 Å². The SMILES string of the molecule is CN(O)Cc1cc(C(C)(F)F)cc(C(F)(F)F)c1.Cc1ccccc1C1CN(C(=O)C2(C)CCOCC2)CC[N-]1.[Y]. The summed E-state index contributed by atoms with van der Waals surface area (Å²) in [4.78, 5) is 15.0. The summed E-state index contributed by atoms with van der Waals surface area (Å²) in [6, 6.07) is 10.6. The largest absolute Gasteiger partial charge is 0.653 e. The van der Waals surface area contributed by atoms with E-state index in [1.807, 2.05) is 11.0 Å². The Morgan fingerprint density at radius 3 is 2.29 bits per heavy atom. The number of aryl methyl sites for hydroxylation is 1. The van der Waals surface area contributed by atoms with Crippen LogP contribution in [0.1, 0.15) is 60.5 Å². The van der Waals surface area contributed by atoms with Crippen molar-refractivity contribution in [2.24, 2.45) is 5.41 Å². The van der Waals surface area contributed by atoms with Crippen LogP contribution in [0.4, 0.5) is 22.0 Å². The Kier molecular flexibility index (Phi) is 12.9. The first-order valence-corrected chi connectivity index (χ1v) is 13.2. The van der Waals surface area contributed by atoms with Gasteiger partial charge in [-0.05, 0) is 49.1 Å². The topological polar surface area (TPSA) is 67.1 Å². The zero-order chi connectivity index (χ0) is 29.7. The Bertz CT molecular complexity index is 1120. The molecule has 41 heavy (non-hydrogen) atoms. The van der Waals surface area contributed by atoms with E-state index in [4.69, 9.17) is 15.3 Å². The molecule has 0 aromatic heterocycles. The van der Waals surface area contributed by atoms with E-state index in [1.165, 1.54) is 18.2 Å². The third-order valence-electron chi connectivity index (χ3n) is 7.30. The fourth-order valence-electron chi connectivity index (χ4n) is 4.92. The van der Waals surface area contributed by atoms with Crippen molar-refractivity contribution in [2.45, 2.75) is 58.3 Å². The van der Waals surface area contributed by atoms with E-state index in [1.54, 1.807) is 0 Å². The maximum atomic E-state index is 13.1. The number of amides is 1. The standard InChI is InChI=1S/C18H25N2O2.C11H12F5NO.Y/c1-14-5-3-4-6-15(14)16-13-20(10-9-19-16)17(21)18(2)7-11-22-12-8-18;1-10(12,13)8-3-7(6-17(2)18)4-9(5-8)11(14,15)16;/h3-6,16H,7-13H2,1-2H3;3-5,18H,6H2,1-2H3;/q-1;;. The summed E-state index contributed by atoms with van der Waals surface area (Å²) in [6.45, 7) is 8.04. The molecule has 1 unspecified atom stereocenters. The molecule has 2 heterocycles. The van der Waals surface area contributed by atoms with E-state index in [-0.39, 0.29) is 62.2 Å². The van der Waals surface area contributed by atoms with Crippen LogP contribution >= 0.6 is 0 Å². The van der Waals surface area contributed by atoms with E-state index >= 15 is 0 Å². The first-order valence-electron chi connectivity index (χ1n) is 13.2. The summed E-state index contributed by atoms with van der Waals surface area (Å²) in [5.74, 6) is -3.09. The molecule has 0 saturated carbocycles. The normalized spacial score (nSPS) is 19.2. The third-order valence-corrected chi connectivity index (χ3v) is 7.30. The summed E-state index contributed by atoms with van der Waals surface area (Å²) in [6.07, 6.45) is -3.05. The molecule has 1 atom stereocenters. The molecule has 2 aliphatic rings. The molecule has 1 amide bonds. The molecule has 0 spiro atoms. The minimum absolute atomic E-state index is 0. The summed E-state index contributed by atoms with van der Waals surface area (Å²) in [5, 5.41) is 14.3. The number of piperazine rings is 1. The van der Waals surface area contributed by atoms with Crippen LogP contribution in [0.15, 0.2) is 42.5 Å². The molecule has 4 rings (SSSR count). The predicted octanol–water partition coefficient (Wildman–Crippen LogP) is 6.70. The maximum Gasteiger partial charge on any atom is 0.416 e. The van der Waals surface area contributed by atoms with Crippen LogP contribution in [0.2, 0.25) is 0 Å². The number of rotatable bonds is 5. The Hall–Kier alpha value is -1.50. The van der Waals surface area contributed by atoms with Crippen LogP contribution in [0.3, 0.4) is 0 Å². The van der Waals surface area contributed by atoms with E-state index in [0.717, 1.165) is 38.1 Å².